The van der Waals surface area contributed by atoms with Gasteiger partial charge in [0.25, 0.3) is 11.8 Å². The Bertz CT molecular complexity index is 1120. The first-order valence-electron chi connectivity index (χ1n) is 9.26. The molecule has 0 aliphatic carbocycles. The Labute approximate surface area is 177 Å². The van der Waals surface area contributed by atoms with Gasteiger partial charge in [-0.1, -0.05) is 42.1 Å². The molecule has 0 fully saturated rings. The molecule has 150 valence electrons. The van der Waals surface area contributed by atoms with E-state index in [2.05, 4.69) is 5.32 Å². The molecule has 6 nitrogen and oxygen atoms in total. The molecule has 0 unspecified atom stereocenters. The van der Waals surface area contributed by atoms with Crippen LogP contribution in [0.25, 0.3) is 5.57 Å². The van der Waals surface area contributed by atoms with Crippen LogP contribution in [0.2, 0.25) is 0 Å². The Hall–Kier alpha value is -3.58. The summed E-state index contributed by atoms with van der Waals surface area (Å²) in [5.41, 5.74) is 1.57. The van der Waals surface area contributed by atoms with Gasteiger partial charge >= 0.3 is 0 Å². The van der Waals surface area contributed by atoms with E-state index < -0.39 is 0 Å². The van der Waals surface area contributed by atoms with Gasteiger partial charge in [-0.2, -0.15) is 0 Å². The van der Waals surface area contributed by atoms with E-state index in [1.54, 1.807) is 36.4 Å². The summed E-state index contributed by atoms with van der Waals surface area (Å²) in [5, 5.41) is 2.70. The van der Waals surface area contributed by atoms with Gasteiger partial charge < -0.3 is 9.73 Å². The Morgan fingerprint density at radius 1 is 0.967 bits per heavy atom. The number of furan rings is 1. The molecule has 1 aliphatic rings. The second-order valence-electron chi connectivity index (χ2n) is 6.65. The maximum atomic E-state index is 13.2. The number of nitrogens with one attached hydrogen (secondary N) is 1. The molecule has 3 amide bonds. The van der Waals surface area contributed by atoms with Gasteiger partial charge in [-0.3, -0.25) is 19.3 Å². The van der Waals surface area contributed by atoms with Gasteiger partial charge in [-0.15, -0.1) is 0 Å². The number of nitrogens with zero attached hydrogens (tertiary/aromatic N) is 1. The summed E-state index contributed by atoms with van der Waals surface area (Å²) >= 11 is 1.26. The lowest BCUT2D eigenvalue weighted by Gasteiger charge is -2.13. The number of carbonyl (C=O) groups excluding carboxylic acids is 3. The van der Waals surface area contributed by atoms with Crippen molar-refractivity contribution in [2.45, 2.75) is 18.4 Å². The number of anilines is 1. The first-order valence-corrected chi connectivity index (χ1v) is 10.1. The summed E-state index contributed by atoms with van der Waals surface area (Å²) in [7, 11) is 0. The fourth-order valence-electron chi connectivity index (χ4n) is 3.13. The van der Waals surface area contributed by atoms with E-state index in [-0.39, 0.29) is 24.3 Å². The topological polar surface area (TPSA) is 79.6 Å². The monoisotopic (exact) mass is 418 g/mol. The molecule has 2 aromatic carbocycles. The lowest BCUT2D eigenvalue weighted by atomic mass is 10.1. The van der Waals surface area contributed by atoms with Crippen molar-refractivity contribution in [3.8, 4) is 0 Å². The molecule has 4 rings (SSSR count). The van der Waals surface area contributed by atoms with Crippen LogP contribution in [0.3, 0.4) is 0 Å². The molecule has 2 heterocycles. The smallest absolute Gasteiger partial charge is 0.268 e. The molecule has 7 heteroatoms. The van der Waals surface area contributed by atoms with Crippen LogP contribution in [0.4, 0.5) is 5.69 Å². The summed E-state index contributed by atoms with van der Waals surface area (Å²) in [5.74, 6) is -0.379. The van der Waals surface area contributed by atoms with Gasteiger partial charge in [0.2, 0.25) is 5.91 Å². The van der Waals surface area contributed by atoms with E-state index in [0.717, 1.165) is 4.90 Å². The molecule has 1 N–H and O–H groups in total. The highest BCUT2D eigenvalue weighted by molar-refractivity contribution is 8.04. The molecule has 1 aliphatic heterocycles. The van der Waals surface area contributed by atoms with Gasteiger partial charge in [0, 0.05) is 17.5 Å². The fourth-order valence-corrected chi connectivity index (χ4v) is 4.17. The van der Waals surface area contributed by atoms with Crippen molar-refractivity contribution in [1.29, 1.82) is 0 Å². The highest BCUT2D eigenvalue weighted by Gasteiger charge is 2.39. The van der Waals surface area contributed by atoms with Crippen molar-refractivity contribution in [3.05, 3.63) is 89.2 Å². The first-order chi connectivity index (χ1) is 14.5. The Kier molecular flexibility index (Phi) is 5.54. The van der Waals surface area contributed by atoms with Crippen molar-refractivity contribution in [2.75, 3.05) is 5.32 Å². The van der Waals surface area contributed by atoms with Crippen LogP contribution in [0.15, 0.2) is 87.2 Å². The van der Waals surface area contributed by atoms with E-state index in [1.807, 2.05) is 30.3 Å². The molecule has 0 atom stereocenters. The van der Waals surface area contributed by atoms with Crippen molar-refractivity contribution in [2.24, 2.45) is 0 Å². The number of benzene rings is 2. The molecular weight excluding hydrogens is 400 g/mol. The minimum Gasteiger partial charge on any atom is -0.467 e. The lowest BCUT2D eigenvalue weighted by Crippen LogP contribution is -2.30. The summed E-state index contributed by atoms with van der Waals surface area (Å²) in [4.78, 5) is 40.1. The number of hydrogen-bond acceptors (Lipinski definition) is 5. The second kappa shape index (κ2) is 8.42. The maximum Gasteiger partial charge on any atom is 0.268 e. The zero-order valence-corrected chi connectivity index (χ0v) is 16.9. The third kappa shape index (κ3) is 4.06. The van der Waals surface area contributed by atoms with E-state index in [0.29, 0.717) is 27.5 Å². The van der Waals surface area contributed by atoms with Crippen molar-refractivity contribution >= 4 is 40.7 Å². The molecule has 1 aromatic heterocycles. The average molecular weight is 418 g/mol. The Morgan fingerprint density at radius 3 is 2.33 bits per heavy atom. The second-order valence-corrected chi connectivity index (χ2v) is 7.74. The van der Waals surface area contributed by atoms with Gasteiger partial charge in [0.1, 0.15) is 5.76 Å². The number of hydrogen-bond donors (Lipinski definition) is 1. The largest absolute Gasteiger partial charge is 0.467 e. The van der Waals surface area contributed by atoms with Crippen LogP contribution in [0, 0.1) is 0 Å². The Morgan fingerprint density at radius 2 is 1.70 bits per heavy atom. The standard InChI is InChI=1S/C23H18N2O4S/c1-15(26)24-17-11-9-16(10-12-17)20-21(30-19-7-3-2-4-8-19)23(28)25(22(20)27)14-18-6-5-13-29-18/h2-13H,14H2,1H3,(H,24,26). The molecule has 0 saturated heterocycles. The molecule has 0 saturated carbocycles. The van der Waals surface area contributed by atoms with E-state index in [1.165, 1.54) is 29.8 Å². The maximum absolute atomic E-state index is 13.2. The number of thioether (sulfide) groups is 1. The van der Waals surface area contributed by atoms with Gasteiger partial charge in [-0.25, -0.2) is 0 Å². The minimum atomic E-state index is -0.373. The third-order valence-corrected chi connectivity index (χ3v) is 5.57. The number of carbonyl (C=O) groups is 3. The van der Waals surface area contributed by atoms with Crippen LogP contribution in [-0.4, -0.2) is 22.6 Å². The molecule has 30 heavy (non-hydrogen) atoms. The molecule has 0 bridgehead atoms. The van der Waals surface area contributed by atoms with Gasteiger partial charge in [-0.05, 0) is 42.0 Å². The highest BCUT2D eigenvalue weighted by atomic mass is 32.2. The highest BCUT2D eigenvalue weighted by Crippen LogP contribution is 2.40. The van der Waals surface area contributed by atoms with Crippen LogP contribution in [-0.2, 0) is 20.9 Å². The number of rotatable bonds is 6. The fraction of sp³-hybridized carbons (Fsp3) is 0.0870. The molecule has 3 aromatic rings. The summed E-state index contributed by atoms with van der Waals surface area (Å²) in [6.07, 6.45) is 1.51. The lowest BCUT2D eigenvalue weighted by molar-refractivity contribution is -0.137. The normalized spacial score (nSPS) is 13.8. The van der Waals surface area contributed by atoms with Crippen molar-refractivity contribution in [3.63, 3.8) is 0 Å². The van der Waals surface area contributed by atoms with Gasteiger partial charge in [0.15, 0.2) is 0 Å². The van der Waals surface area contributed by atoms with Crippen LogP contribution >= 0.6 is 11.8 Å². The predicted octanol–water partition coefficient (Wildman–Crippen LogP) is 4.31. The summed E-state index contributed by atoms with van der Waals surface area (Å²) in [6, 6.07) is 19.8. The van der Waals surface area contributed by atoms with Crippen LogP contribution in [0.1, 0.15) is 18.2 Å². The quantitative estimate of drug-likeness (QED) is 0.604. The third-order valence-electron chi connectivity index (χ3n) is 4.48. The molecular formula is C23H18N2O4S. The van der Waals surface area contributed by atoms with E-state index in [9.17, 15) is 14.4 Å². The predicted molar refractivity (Wildman–Crippen MR) is 114 cm³/mol. The molecule has 0 radical (unpaired) electrons. The van der Waals surface area contributed by atoms with Crippen LogP contribution < -0.4 is 5.32 Å². The minimum absolute atomic E-state index is 0.0665. The average Bonchev–Trinajstić information content (AvgIpc) is 3.32. The summed E-state index contributed by atoms with van der Waals surface area (Å²) < 4.78 is 5.33. The number of amides is 3. The van der Waals surface area contributed by atoms with E-state index >= 15 is 0 Å². The Balaban J connectivity index is 1.71. The first kappa shape index (κ1) is 19.7. The van der Waals surface area contributed by atoms with Crippen molar-refractivity contribution < 1.29 is 18.8 Å². The molecule has 0 spiro atoms. The SMILES string of the molecule is CC(=O)Nc1ccc(C2=C(Sc3ccccc3)C(=O)N(Cc3ccco3)C2=O)cc1. The van der Waals surface area contributed by atoms with Crippen molar-refractivity contribution in [1.82, 2.24) is 4.90 Å². The zero-order chi connectivity index (χ0) is 21.1. The van der Waals surface area contributed by atoms with Crippen LogP contribution in [0.5, 0.6) is 0 Å². The summed E-state index contributed by atoms with van der Waals surface area (Å²) in [6.45, 7) is 1.49. The van der Waals surface area contributed by atoms with Gasteiger partial charge in [0.05, 0.1) is 23.3 Å². The zero-order valence-electron chi connectivity index (χ0n) is 16.1. The van der Waals surface area contributed by atoms with E-state index in [4.69, 9.17) is 4.42 Å². The number of imide groups is 1.